The second-order valence-electron chi connectivity index (χ2n) is 6.93. The Morgan fingerprint density at radius 2 is 1.89 bits per heavy atom. The SMILES string of the molecule is CC(C)=CCN1CCC(NCC2CCCC2C)CC1. The van der Waals surface area contributed by atoms with Gasteiger partial charge in [0.2, 0.25) is 0 Å². The number of hydrogen-bond donors (Lipinski definition) is 1. The van der Waals surface area contributed by atoms with E-state index >= 15 is 0 Å². The Morgan fingerprint density at radius 1 is 1.16 bits per heavy atom. The van der Waals surface area contributed by atoms with Crippen LogP contribution in [0.1, 0.15) is 52.9 Å². The van der Waals surface area contributed by atoms with Gasteiger partial charge in [0.1, 0.15) is 0 Å². The summed E-state index contributed by atoms with van der Waals surface area (Å²) < 4.78 is 0. The molecule has 1 saturated heterocycles. The van der Waals surface area contributed by atoms with Crippen molar-refractivity contribution in [1.29, 1.82) is 0 Å². The molecule has 2 unspecified atom stereocenters. The summed E-state index contributed by atoms with van der Waals surface area (Å²) in [5, 5.41) is 3.84. The van der Waals surface area contributed by atoms with E-state index in [4.69, 9.17) is 0 Å². The highest BCUT2D eigenvalue weighted by Crippen LogP contribution is 2.30. The molecule has 0 bridgehead atoms. The highest BCUT2D eigenvalue weighted by Gasteiger charge is 2.25. The quantitative estimate of drug-likeness (QED) is 0.765. The van der Waals surface area contributed by atoms with E-state index in [2.05, 4.69) is 37.1 Å². The van der Waals surface area contributed by atoms with Crippen LogP contribution in [0.5, 0.6) is 0 Å². The van der Waals surface area contributed by atoms with Crippen molar-refractivity contribution in [3.8, 4) is 0 Å². The number of nitrogens with one attached hydrogen (secondary N) is 1. The fourth-order valence-electron chi connectivity index (χ4n) is 3.47. The normalized spacial score (nSPS) is 29.6. The van der Waals surface area contributed by atoms with Crippen molar-refractivity contribution in [3.05, 3.63) is 11.6 Å². The summed E-state index contributed by atoms with van der Waals surface area (Å²) in [6.45, 7) is 11.8. The van der Waals surface area contributed by atoms with Gasteiger partial charge in [-0.3, -0.25) is 4.90 Å². The van der Waals surface area contributed by atoms with Gasteiger partial charge in [0.15, 0.2) is 0 Å². The molecule has 2 nitrogen and oxygen atoms in total. The van der Waals surface area contributed by atoms with Crippen LogP contribution in [0, 0.1) is 11.8 Å². The van der Waals surface area contributed by atoms with E-state index in [1.807, 2.05) is 0 Å². The highest BCUT2D eigenvalue weighted by molar-refractivity contribution is 4.95. The molecule has 2 heteroatoms. The number of allylic oxidation sites excluding steroid dienone is 1. The topological polar surface area (TPSA) is 15.3 Å². The van der Waals surface area contributed by atoms with Gasteiger partial charge in [0, 0.05) is 12.6 Å². The Hall–Kier alpha value is -0.340. The maximum absolute atomic E-state index is 3.84. The standard InChI is InChI=1S/C17H32N2/c1-14(2)7-10-19-11-8-17(9-12-19)18-13-16-6-4-5-15(16)3/h7,15-18H,4-6,8-13H2,1-3H3. The molecule has 2 atom stereocenters. The average Bonchev–Trinajstić information content (AvgIpc) is 2.81. The fraction of sp³-hybridized carbons (Fsp3) is 0.882. The zero-order valence-corrected chi connectivity index (χ0v) is 13.1. The number of nitrogens with zero attached hydrogens (tertiary/aromatic N) is 1. The van der Waals surface area contributed by atoms with Crippen LogP contribution in [-0.2, 0) is 0 Å². The number of piperidine rings is 1. The van der Waals surface area contributed by atoms with Crippen LogP contribution < -0.4 is 5.32 Å². The lowest BCUT2D eigenvalue weighted by Crippen LogP contribution is -2.44. The molecule has 0 radical (unpaired) electrons. The minimum atomic E-state index is 0.774. The molecule has 0 aromatic carbocycles. The van der Waals surface area contributed by atoms with E-state index in [0.717, 1.165) is 24.4 Å². The lowest BCUT2D eigenvalue weighted by atomic mass is 9.97. The first kappa shape index (κ1) is 15.1. The lowest BCUT2D eigenvalue weighted by Gasteiger charge is -2.32. The lowest BCUT2D eigenvalue weighted by molar-refractivity contribution is 0.208. The van der Waals surface area contributed by atoms with E-state index in [1.54, 1.807) is 0 Å². The molecule has 2 aliphatic rings. The molecule has 1 saturated carbocycles. The van der Waals surface area contributed by atoms with Gasteiger partial charge >= 0.3 is 0 Å². The minimum absolute atomic E-state index is 0.774. The van der Waals surface area contributed by atoms with Crippen molar-refractivity contribution < 1.29 is 0 Å². The molecule has 0 spiro atoms. The predicted octanol–water partition coefficient (Wildman–Crippen LogP) is 3.44. The molecule has 0 amide bonds. The first-order valence-electron chi connectivity index (χ1n) is 8.24. The monoisotopic (exact) mass is 264 g/mol. The molecule has 19 heavy (non-hydrogen) atoms. The molecular formula is C17H32N2. The zero-order valence-electron chi connectivity index (χ0n) is 13.1. The minimum Gasteiger partial charge on any atom is -0.314 e. The zero-order chi connectivity index (χ0) is 13.7. The molecule has 0 aromatic heterocycles. The van der Waals surface area contributed by atoms with Crippen molar-refractivity contribution in [3.63, 3.8) is 0 Å². The second kappa shape index (κ2) is 7.44. The summed E-state index contributed by atoms with van der Waals surface area (Å²) in [6.07, 6.45) is 9.37. The van der Waals surface area contributed by atoms with Gasteiger partial charge in [-0.25, -0.2) is 0 Å². The Balaban J connectivity index is 1.62. The molecule has 1 aliphatic heterocycles. The maximum Gasteiger partial charge on any atom is 0.0165 e. The largest absolute Gasteiger partial charge is 0.314 e. The van der Waals surface area contributed by atoms with Crippen LogP contribution >= 0.6 is 0 Å². The van der Waals surface area contributed by atoms with Gasteiger partial charge in [-0.1, -0.05) is 31.4 Å². The van der Waals surface area contributed by atoms with Crippen LogP contribution in [0.2, 0.25) is 0 Å². The van der Waals surface area contributed by atoms with Gasteiger partial charge in [-0.15, -0.1) is 0 Å². The van der Waals surface area contributed by atoms with E-state index < -0.39 is 0 Å². The van der Waals surface area contributed by atoms with Gasteiger partial charge in [0.25, 0.3) is 0 Å². The van der Waals surface area contributed by atoms with Crippen molar-refractivity contribution in [1.82, 2.24) is 10.2 Å². The first-order valence-corrected chi connectivity index (χ1v) is 8.24. The van der Waals surface area contributed by atoms with Crippen LogP contribution in [0.3, 0.4) is 0 Å². The Labute approximate surface area is 119 Å². The number of hydrogen-bond acceptors (Lipinski definition) is 2. The second-order valence-corrected chi connectivity index (χ2v) is 6.93. The summed E-state index contributed by atoms with van der Waals surface area (Å²) in [5.41, 5.74) is 1.44. The average molecular weight is 264 g/mol. The predicted molar refractivity (Wildman–Crippen MR) is 83.4 cm³/mol. The third-order valence-corrected chi connectivity index (χ3v) is 5.05. The highest BCUT2D eigenvalue weighted by atomic mass is 15.1. The van der Waals surface area contributed by atoms with Crippen LogP contribution in [0.25, 0.3) is 0 Å². The van der Waals surface area contributed by atoms with Gasteiger partial charge in [-0.05, 0) is 64.6 Å². The molecule has 110 valence electrons. The summed E-state index contributed by atoms with van der Waals surface area (Å²) in [7, 11) is 0. The van der Waals surface area contributed by atoms with Crippen molar-refractivity contribution in [2.45, 2.75) is 58.9 Å². The fourth-order valence-corrected chi connectivity index (χ4v) is 3.47. The molecule has 0 aromatic rings. The Morgan fingerprint density at radius 3 is 2.47 bits per heavy atom. The Bertz CT molecular complexity index is 286. The van der Waals surface area contributed by atoms with Gasteiger partial charge < -0.3 is 5.32 Å². The van der Waals surface area contributed by atoms with E-state index in [0.29, 0.717) is 0 Å². The van der Waals surface area contributed by atoms with Crippen LogP contribution in [-0.4, -0.2) is 37.1 Å². The molecule has 1 heterocycles. The van der Waals surface area contributed by atoms with Crippen LogP contribution in [0.4, 0.5) is 0 Å². The molecule has 2 rings (SSSR count). The third-order valence-electron chi connectivity index (χ3n) is 5.05. The molecular weight excluding hydrogens is 232 g/mol. The maximum atomic E-state index is 3.84. The van der Waals surface area contributed by atoms with Crippen molar-refractivity contribution in [2.24, 2.45) is 11.8 Å². The number of rotatable bonds is 5. The van der Waals surface area contributed by atoms with E-state index in [1.165, 1.54) is 57.3 Å². The first-order chi connectivity index (χ1) is 9.15. The third kappa shape index (κ3) is 4.92. The van der Waals surface area contributed by atoms with Gasteiger partial charge in [0.05, 0.1) is 0 Å². The Kier molecular flexibility index (Phi) is 5.90. The molecule has 1 aliphatic carbocycles. The summed E-state index contributed by atoms with van der Waals surface area (Å²) >= 11 is 0. The summed E-state index contributed by atoms with van der Waals surface area (Å²) in [5.74, 6) is 1.90. The van der Waals surface area contributed by atoms with E-state index in [9.17, 15) is 0 Å². The summed E-state index contributed by atoms with van der Waals surface area (Å²) in [6, 6.07) is 0.774. The van der Waals surface area contributed by atoms with E-state index in [-0.39, 0.29) is 0 Å². The van der Waals surface area contributed by atoms with Crippen LogP contribution in [0.15, 0.2) is 11.6 Å². The van der Waals surface area contributed by atoms with Gasteiger partial charge in [-0.2, -0.15) is 0 Å². The van der Waals surface area contributed by atoms with Crippen molar-refractivity contribution >= 4 is 0 Å². The van der Waals surface area contributed by atoms with Crippen molar-refractivity contribution in [2.75, 3.05) is 26.2 Å². The molecule has 2 fully saturated rings. The molecule has 1 N–H and O–H groups in total. The smallest absolute Gasteiger partial charge is 0.0165 e. The number of likely N-dealkylation sites (tertiary alicyclic amines) is 1. The summed E-state index contributed by atoms with van der Waals surface area (Å²) in [4.78, 5) is 2.59.